The van der Waals surface area contributed by atoms with E-state index >= 15 is 0 Å². The van der Waals surface area contributed by atoms with Crippen LogP contribution in [0.2, 0.25) is 0 Å². The van der Waals surface area contributed by atoms with Gasteiger partial charge in [0.05, 0.1) is 6.10 Å². The van der Waals surface area contributed by atoms with Crippen molar-refractivity contribution in [1.29, 1.82) is 0 Å². The van der Waals surface area contributed by atoms with Crippen LogP contribution < -0.4 is 5.32 Å². The highest BCUT2D eigenvalue weighted by Crippen LogP contribution is 2.16. The molecule has 1 aromatic carbocycles. The first-order chi connectivity index (χ1) is 7.13. The number of aliphatic hydroxyl groups is 1. The average molecular weight is 293 g/mol. The molecule has 1 aromatic rings. The Kier molecular flexibility index (Phi) is 5.61. The van der Waals surface area contributed by atoms with Gasteiger partial charge in [0.1, 0.15) is 0 Å². The highest BCUT2D eigenvalue weighted by molar-refractivity contribution is 9.10. The van der Waals surface area contributed by atoms with Gasteiger partial charge >= 0.3 is 0 Å². The Morgan fingerprint density at radius 2 is 2.00 bits per heavy atom. The van der Waals surface area contributed by atoms with E-state index in [0.717, 1.165) is 4.47 Å². The van der Waals surface area contributed by atoms with Crippen LogP contribution in [-0.4, -0.2) is 23.6 Å². The van der Waals surface area contributed by atoms with E-state index in [1.807, 2.05) is 12.1 Å². The molecule has 0 amide bonds. The third-order valence-electron chi connectivity index (χ3n) is 2.21. The highest BCUT2D eigenvalue weighted by atomic mass is 79.9. The van der Waals surface area contributed by atoms with Crippen molar-refractivity contribution >= 4 is 27.5 Å². The topological polar surface area (TPSA) is 32.3 Å². The van der Waals surface area contributed by atoms with Gasteiger partial charge in [0.15, 0.2) is 0 Å². The van der Waals surface area contributed by atoms with Gasteiger partial charge < -0.3 is 10.4 Å². The number of nitrogens with one attached hydrogen (secondary N) is 1. The maximum atomic E-state index is 9.30. The lowest BCUT2D eigenvalue weighted by Gasteiger charge is -2.16. The van der Waals surface area contributed by atoms with E-state index in [-0.39, 0.29) is 11.9 Å². The van der Waals surface area contributed by atoms with Crippen LogP contribution in [0.4, 0.5) is 0 Å². The van der Waals surface area contributed by atoms with Gasteiger partial charge in [-0.25, -0.2) is 0 Å². The Morgan fingerprint density at radius 3 is 2.53 bits per heavy atom. The third-order valence-corrected chi connectivity index (χ3v) is 3.09. The lowest BCUT2D eigenvalue weighted by molar-refractivity contribution is 0.190. The lowest BCUT2D eigenvalue weighted by atomic mass is 10.1. The van der Waals surface area contributed by atoms with Crippen LogP contribution in [0.15, 0.2) is 28.7 Å². The summed E-state index contributed by atoms with van der Waals surface area (Å²) in [5.74, 6) is 0.264. The minimum Gasteiger partial charge on any atom is -0.391 e. The molecule has 0 aliphatic heterocycles. The molecule has 0 saturated carbocycles. The number of alkyl halides is 1. The molecule has 15 heavy (non-hydrogen) atoms. The molecule has 0 aromatic heterocycles. The molecule has 1 rings (SSSR count). The largest absolute Gasteiger partial charge is 0.391 e. The van der Waals surface area contributed by atoms with Crippen LogP contribution >= 0.6 is 27.5 Å². The quantitative estimate of drug-likeness (QED) is 0.818. The summed E-state index contributed by atoms with van der Waals surface area (Å²) in [7, 11) is 0. The van der Waals surface area contributed by atoms with E-state index in [1.54, 1.807) is 0 Å². The van der Waals surface area contributed by atoms with Crippen molar-refractivity contribution in [2.24, 2.45) is 0 Å². The van der Waals surface area contributed by atoms with Gasteiger partial charge in [0.25, 0.3) is 0 Å². The summed E-state index contributed by atoms with van der Waals surface area (Å²) in [5.41, 5.74) is 1.19. The summed E-state index contributed by atoms with van der Waals surface area (Å²) >= 11 is 8.90. The van der Waals surface area contributed by atoms with Gasteiger partial charge in [-0.3, -0.25) is 0 Å². The summed E-state index contributed by atoms with van der Waals surface area (Å²) in [6, 6.07) is 8.33. The summed E-state index contributed by atoms with van der Waals surface area (Å²) in [6.07, 6.45) is -0.482. The van der Waals surface area contributed by atoms with Crippen molar-refractivity contribution in [3.05, 3.63) is 34.3 Å². The molecule has 2 nitrogen and oxygen atoms in total. The number of aliphatic hydroxyl groups excluding tert-OH is 1. The molecule has 0 aliphatic carbocycles. The average Bonchev–Trinajstić information content (AvgIpc) is 2.26. The molecule has 4 heteroatoms. The van der Waals surface area contributed by atoms with Gasteiger partial charge in [-0.05, 0) is 24.6 Å². The van der Waals surface area contributed by atoms with Gasteiger partial charge in [-0.1, -0.05) is 28.1 Å². The molecular formula is C11H15BrClNO. The van der Waals surface area contributed by atoms with Gasteiger partial charge in [-0.15, -0.1) is 11.6 Å². The predicted molar refractivity (Wildman–Crippen MR) is 67.3 cm³/mol. The molecule has 2 atom stereocenters. The van der Waals surface area contributed by atoms with Gasteiger partial charge in [0.2, 0.25) is 0 Å². The Labute approximate surface area is 104 Å². The van der Waals surface area contributed by atoms with Crippen molar-refractivity contribution in [1.82, 2.24) is 5.32 Å². The SMILES string of the molecule is CC(NCC(O)CCl)c1ccc(Br)cc1. The van der Waals surface area contributed by atoms with Crippen LogP contribution in [0.3, 0.4) is 0 Å². The van der Waals surface area contributed by atoms with Crippen LogP contribution in [0.25, 0.3) is 0 Å². The second-order valence-corrected chi connectivity index (χ2v) is 4.71. The fourth-order valence-electron chi connectivity index (χ4n) is 1.24. The maximum Gasteiger partial charge on any atom is 0.0799 e. The molecule has 0 radical (unpaired) electrons. The Hall–Kier alpha value is -0.0900. The zero-order valence-electron chi connectivity index (χ0n) is 8.58. The fourth-order valence-corrected chi connectivity index (χ4v) is 1.61. The zero-order valence-corrected chi connectivity index (χ0v) is 10.9. The van der Waals surface area contributed by atoms with Crippen LogP contribution in [0.5, 0.6) is 0 Å². The van der Waals surface area contributed by atoms with Crippen molar-refractivity contribution in [3.63, 3.8) is 0 Å². The maximum absolute atomic E-state index is 9.30. The summed E-state index contributed by atoms with van der Waals surface area (Å²) in [4.78, 5) is 0. The second kappa shape index (κ2) is 6.48. The van der Waals surface area contributed by atoms with E-state index in [2.05, 4.69) is 40.3 Å². The van der Waals surface area contributed by atoms with E-state index in [4.69, 9.17) is 11.6 Å². The Balaban J connectivity index is 2.46. The van der Waals surface area contributed by atoms with Crippen LogP contribution in [0.1, 0.15) is 18.5 Å². The van der Waals surface area contributed by atoms with Gasteiger partial charge in [0, 0.05) is 22.9 Å². The van der Waals surface area contributed by atoms with Gasteiger partial charge in [-0.2, -0.15) is 0 Å². The molecule has 2 unspecified atom stereocenters. The molecule has 2 N–H and O–H groups in total. The standard InChI is InChI=1S/C11H15BrClNO/c1-8(14-7-11(15)6-13)9-2-4-10(12)5-3-9/h2-5,8,11,14-15H,6-7H2,1H3. The first kappa shape index (κ1) is 13.0. The highest BCUT2D eigenvalue weighted by Gasteiger charge is 2.07. The second-order valence-electron chi connectivity index (χ2n) is 3.49. The van der Waals surface area contributed by atoms with E-state index in [1.165, 1.54) is 5.56 Å². The van der Waals surface area contributed by atoms with Crippen molar-refractivity contribution in [2.75, 3.05) is 12.4 Å². The number of benzene rings is 1. The van der Waals surface area contributed by atoms with Crippen LogP contribution in [-0.2, 0) is 0 Å². The van der Waals surface area contributed by atoms with E-state index in [9.17, 15) is 5.11 Å². The lowest BCUT2D eigenvalue weighted by Crippen LogP contribution is -2.30. The number of halogens is 2. The fraction of sp³-hybridized carbons (Fsp3) is 0.455. The Bertz CT molecular complexity index is 291. The number of rotatable bonds is 5. The minimum atomic E-state index is -0.482. The Morgan fingerprint density at radius 1 is 1.40 bits per heavy atom. The molecular weight excluding hydrogens is 277 g/mol. The molecule has 0 saturated heterocycles. The van der Waals surface area contributed by atoms with E-state index < -0.39 is 6.10 Å². The van der Waals surface area contributed by atoms with Crippen LogP contribution in [0, 0.1) is 0 Å². The molecule has 0 spiro atoms. The first-order valence-corrected chi connectivity index (χ1v) is 6.19. The molecule has 0 fully saturated rings. The summed E-state index contributed by atoms with van der Waals surface area (Å²) in [6.45, 7) is 2.57. The van der Waals surface area contributed by atoms with Crippen molar-refractivity contribution in [3.8, 4) is 0 Å². The zero-order chi connectivity index (χ0) is 11.3. The minimum absolute atomic E-state index is 0.218. The predicted octanol–water partition coefficient (Wildman–Crippen LogP) is 2.70. The van der Waals surface area contributed by atoms with Crippen molar-refractivity contribution < 1.29 is 5.11 Å². The summed E-state index contributed by atoms with van der Waals surface area (Å²) in [5, 5.41) is 12.5. The first-order valence-electron chi connectivity index (χ1n) is 4.86. The monoisotopic (exact) mass is 291 g/mol. The third kappa shape index (κ3) is 4.51. The number of hydrogen-bond donors (Lipinski definition) is 2. The molecule has 84 valence electrons. The normalized spacial score (nSPS) is 14.9. The smallest absolute Gasteiger partial charge is 0.0799 e. The molecule has 0 aliphatic rings. The van der Waals surface area contributed by atoms with E-state index in [0.29, 0.717) is 6.54 Å². The van der Waals surface area contributed by atoms with Crippen molar-refractivity contribution in [2.45, 2.75) is 19.1 Å². The summed E-state index contributed by atoms with van der Waals surface area (Å²) < 4.78 is 1.07. The molecule has 0 heterocycles. The number of hydrogen-bond acceptors (Lipinski definition) is 2. The molecule has 0 bridgehead atoms.